The number of carbonyl (C=O) groups excluding carboxylic acids is 1. The molecule has 2 rings (SSSR count). The molecule has 1 aromatic carbocycles. The molecule has 5 heteroatoms. The fraction of sp³-hybridized carbons (Fsp3) is 0.500. The topological polar surface area (TPSA) is 29.1 Å². The lowest BCUT2D eigenvalue weighted by atomic mass is 9.88. The van der Waals surface area contributed by atoms with Crippen molar-refractivity contribution in [3.63, 3.8) is 0 Å². The number of benzene rings is 1. The summed E-state index contributed by atoms with van der Waals surface area (Å²) in [6.45, 7) is 0.678. The lowest BCUT2D eigenvalue weighted by Crippen LogP contribution is -2.37. The molecule has 0 bridgehead atoms. The van der Waals surface area contributed by atoms with Crippen LogP contribution in [0.3, 0.4) is 0 Å². The van der Waals surface area contributed by atoms with Crippen molar-refractivity contribution in [3.05, 3.63) is 31.8 Å². The third kappa shape index (κ3) is 3.85. The Bertz CT molecular complexity index is 475. The highest BCUT2D eigenvalue weighted by Gasteiger charge is 2.33. The Hall–Kier alpha value is 0.190. The predicted molar refractivity (Wildman–Crippen MR) is 90.8 cm³/mol. The molecular formula is C14H16BrClINO. The van der Waals surface area contributed by atoms with E-state index in [9.17, 15) is 4.79 Å². The van der Waals surface area contributed by atoms with Crippen molar-refractivity contribution in [2.24, 2.45) is 5.41 Å². The molecule has 1 saturated carbocycles. The van der Waals surface area contributed by atoms with Crippen LogP contribution in [0.25, 0.3) is 0 Å². The van der Waals surface area contributed by atoms with Gasteiger partial charge in [0.05, 0.1) is 5.56 Å². The lowest BCUT2D eigenvalue weighted by molar-refractivity contribution is 0.0934. The van der Waals surface area contributed by atoms with Crippen molar-refractivity contribution in [1.82, 2.24) is 5.32 Å². The average Bonchev–Trinajstić information content (AvgIpc) is 2.88. The number of carbonyl (C=O) groups is 1. The van der Waals surface area contributed by atoms with E-state index in [4.69, 9.17) is 11.6 Å². The number of amides is 1. The zero-order valence-corrected chi connectivity index (χ0v) is 15.0. The van der Waals surface area contributed by atoms with E-state index >= 15 is 0 Å². The second-order valence-electron chi connectivity index (χ2n) is 5.15. The molecule has 1 amide bonds. The Morgan fingerprint density at radius 3 is 2.74 bits per heavy atom. The molecule has 1 N–H and O–H groups in total. The van der Waals surface area contributed by atoms with Crippen LogP contribution in [0.4, 0.5) is 0 Å². The minimum Gasteiger partial charge on any atom is -0.351 e. The first-order valence-electron chi connectivity index (χ1n) is 6.36. The number of hydrogen-bond acceptors (Lipinski definition) is 1. The van der Waals surface area contributed by atoms with E-state index in [1.165, 1.54) is 12.8 Å². The van der Waals surface area contributed by atoms with Crippen LogP contribution in [-0.4, -0.2) is 18.3 Å². The minimum atomic E-state index is -0.0120. The third-order valence-corrected chi connectivity index (χ3v) is 5.75. The molecule has 0 heterocycles. The van der Waals surface area contributed by atoms with Gasteiger partial charge in [0.15, 0.2) is 0 Å². The van der Waals surface area contributed by atoms with Gasteiger partial charge in [0.25, 0.3) is 5.91 Å². The van der Waals surface area contributed by atoms with E-state index in [1.807, 2.05) is 18.2 Å². The van der Waals surface area contributed by atoms with Gasteiger partial charge in [-0.2, -0.15) is 0 Å². The molecule has 1 aliphatic rings. The number of hydrogen-bond donors (Lipinski definition) is 1. The van der Waals surface area contributed by atoms with Crippen LogP contribution >= 0.6 is 50.1 Å². The maximum atomic E-state index is 12.3. The minimum absolute atomic E-state index is 0.0120. The second-order valence-corrected chi connectivity index (χ2v) is 7.49. The molecule has 0 atom stereocenters. The van der Waals surface area contributed by atoms with Crippen LogP contribution in [0.5, 0.6) is 0 Å². The van der Waals surface area contributed by atoms with Crippen LogP contribution in [0.2, 0.25) is 0 Å². The first kappa shape index (κ1) is 15.6. The first-order chi connectivity index (χ1) is 9.06. The lowest BCUT2D eigenvalue weighted by Gasteiger charge is -2.26. The third-order valence-electron chi connectivity index (χ3n) is 3.74. The molecule has 1 aromatic rings. The first-order valence-corrected chi connectivity index (χ1v) is 8.76. The van der Waals surface area contributed by atoms with E-state index in [1.54, 1.807) is 0 Å². The van der Waals surface area contributed by atoms with Crippen LogP contribution in [0, 0.1) is 8.99 Å². The van der Waals surface area contributed by atoms with Crippen LogP contribution in [-0.2, 0) is 0 Å². The second kappa shape index (κ2) is 6.76. The number of nitrogens with one attached hydrogen (secondary N) is 1. The van der Waals surface area contributed by atoms with E-state index in [-0.39, 0.29) is 11.3 Å². The Morgan fingerprint density at radius 1 is 1.42 bits per heavy atom. The number of alkyl halides is 1. The van der Waals surface area contributed by atoms with Gasteiger partial charge in [0.2, 0.25) is 0 Å². The number of rotatable bonds is 4. The molecule has 1 aliphatic carbocycles. The molecular weight excluding hydrogens is 440 g/mol. The molecule has 1 fully saturated rings. The molecule has 0 saturated heterocycles. The maximum Gasteiger partial charge on any atom is 0.252 e. The summed E-state index contributed by atoms with van der Waals surface area (Å²) in [5, 5.41) is 3.05. The van der Waals surface area contributed by atoms with Gasteiger partial charge in [-0.05, 0) is 53.6 Å². The van der Waals surface area contributed by atoms with Crippen molar-refractivity contribution in [3.8, 4) is 0 Å². The van der Waals surface area contributed by atoms with Crippen molar-refractivity contribution in [1.29, 1.82) is 0 Å². The molecule has 0 aromatic heterocycles. The van der Waals surface area contributed by atoms with Crippen molar-refractivity contribution in [2.45, 2.75) is 25.7 Å². The van der Waals surface area contributed by atoms with Crippen LogP contribution in [0.1, 0.15) is 36.0 Å². The Kier molecular flexibility index (Phi) is 5.55. The number of halogens is 3. The van der Waals surface area contributed by atoms with Gasteiger partial charge in [-0.1, -0.05) is 28.8 Å². The summed E-state index contributed by atoms with van der Waals surface area (Å²) < 4.78 is 1.88. The molecule has 0 aliphatic heterocycles. The van der Waals surface area contributed by atoms with Gasteiger partial charge < -0.3 is 5.32 Å². The van der Waals surface area contributed by atoms with E-state index in [2.05, 4.69) is 43.8 Å². The largest absolute Gasteiger partial charge is 0.351 e. The monoisotopic (exact) mass is 455 g/mol. The summed E-state index contributed by atoms with van der Waals surface area (Å²) in [7, 11) is 0. The highest BCUT2D eigenvalue weighted by atomic mass is 127. The SMILES string of the molecule is O=C(NCC1(CCl)CCCC1)c1cc(Br)ccc1I. The summed E-state index contributed by atoms with van der Waals surface area (Å²) in [6.07, 6.45) is 4.67. The maximum absolute atomic E-state index is 12.3. The average molecular weight is 457 g/mol. The molecule has 0 unspecified atom stereocenters. The van der Waals surface area contributed by atoms with Gasteiger partial charge in [-0.15, -0.1) is 11.6 Å². The van der Waals surface area contributed by atoms with Gasteiger partial charge in [-0.25, -0.2) is 0 Å². The molecule has 0 radical (unpaired) electrons. The molecule has 104 valence electrons. The molecule has 0 spiro atoms. The van der Waals surface area contributed by atoms with Crippen molar-refractivity contribution < 1.29 is 4.79 Å². The summed E-state index contributed by atoms with van der Waals surface area (Å²) in [4.78, 5) is 12.3. The Morgan fingerprint density at radius 2 is 2.11 bits per heavy atom. The quantitative estimate of drug-likeness (QED) is 0.522. The van der Waals surface area contributed by atoms with E-state index in [0.717, 1.165) is 26.4 Å². The Balaban J connectivity index is 2.03. The van der Waals surface area contributed by atoms with Crippen molar-refractivity contribution in [2.75, 3.05) is 12.4 Å². The molecule has 19 heavy (non-hydrogen) atoms. The fourth-order valence-corrected chi connectivity index (χ4v) is 3.82. The van der Waals surface area contributed by atoms with E-state index in [0.29, 0.717) is 12.4 Å². The highest BCUT2D eigenvalue weighted by Crippen LogP contribution is 2.38. The zero-order valence-electron chi connectivity index (χ0n) is 10.5. The van der Waals surface area contributed by atoms with Crippen molar-refractivity contribution >= 4 is 56.0 Å². The standard InChI is InChI=1S/C14H16BrClINO/c15-10-3-4-12(17)11(7-10)13(19)18-9-14(8-16)5-1-2-6-14/h3-4,7H,1-2,5-6,8-9H2,(H,18,19). The smallest absolute Gasteiger partial charge is 0.252 e. The van der Waals surface area contributed by atoms with Crippen LogP contribution in [0.15, 0.2) is 22.7 Å². The summed E-state index contributed by atoms with van der Waals surface area (Å²) >= 11 is 11.7. The highest BCUT2D eigenvalue weighted by molar-refractivity contribution is 14.1. The normalized spacial score (nSPS) is 17.4. The van der Waals surface area contributed by atoms with E-state index < -0.39 is 0 Å². The zero-order chi connectivity index (χ0) is 13.9. The Labute approximate surface area is 140 Å². The summed E-state index contributed by atoms with van der Waals surface area (Å²) in [5.41, 5.74) is 0.826. The van der Waals surface area contributed by atoms with Gasteiger partial charge in [-0.3, -0.25) is 4.79 Å². The van der Waals surface area contributed by atoms with Gasteiger partial charge in [0.1, 0.15) is 0 Å². The summed E-state index contributed by atoms with van der Waals surface area (Å²) in [5.74, 6) is 0.616. The fourth-order valence-electron chi connectivity index (χ4n) is 2.52. The van der Waals surface area contributed by atoms with Gasteiger partial charge in [0, 0.05) is 25.9 Å². The molecule has 2 nitrogen and oxygen atoms in total. The van der Waals surface area contributed by atoms with Gasteiger partial charge >= 0.3 is 0 Å². The predicted octanol–water partition coefficient (Wildman–Crippen LogP) is 4.58. The summed E-state index contributed by atoms with van der Waals surface area (Å²) in [6, 6.07) is 5.74. The van der Waals surface area contributed by atoms with Crippen LogP contribution < -0.4 is 5.32 Å².